The van der Waals surface area contributed by atoms with Crippen molar-refractivity contribution in [1.29, 1.82) is 0 Å². The maximum atomic E-state index is 5.74. The zero-order valence-corrected chi connectivity index (χ0v) is 15.0. The van der Waals surface area contributed by atoms with E-state index >= 15 is 0 Å². The third-order valence-electron chi connectivity index (χ3n) is 4.60. The van der Waals surface area contributed by atoms with Crippen LogP contribution in [0.1, 0.15) is 12.8 Å². The number of hydrogen-bond donors (Lipinski definition) is 1. The van der Waals surface area contributed by atoms with Crippen LogP contribution < -0.4 is 15.0 Å². The molecule has 1 saturated heterocycles. The van der Waals surface area contributed by atoms with Gasteiger partial charge in [0.2, 0.25) is 0 Å². The number of para-hydroxylation sites is 2. The Kier molecular flexibility index (Phi) is 5.14. The minimum absolute atomic E-state index is 0.574. The first-order chi connectivity index (χ1) is 12.4. The normalized spacial score (nSPS) is 15.6. The van der Waals surface area contributed by atoms with Crippen LogP contribution in [-0.2, 0) is 0 Å². The lowest BCUT2D eigenvalue weighted by atomic mass is 10.1. The smallest absolute Gasteiger partial charge is 0.186 e. The van der Waals surface area contributed by atoms with E-state index in [1.165, 1.54) is 4.70 Å². The van der Waals surface area contributed by atoms with E-state index in [9.17, 15) is 0 Å². The number of benzene rings is 2. The second kappa shape index (κ2) is 7.85. The van der Waals surface area contributed by atoms with Gasteiger partial charge in [0.1, 0.15) is 12.4 Å². The van der Waals surface area contributed by atoms with Gasteiger partial charge in [-0.05, 0) is 37.1 Å². The number of ether oxygens (including phenoxy) is 1. The molecule has 4 nitrogen and oxygen atoms in total. The quantitative estimate of drug-likeness (QED) is 0.681. The molecule has 0 unspecified atom stereocenters. The number of anilines is 1. The molecule has 0 bridgehead atoms. The zero-order chi connectivity index (χ0) is 16.9. The zero-order valence-electron chi connectivity index (χ0n) is 14.2. The number of thiazole rings is 1. The SMILES string of the molecule is c1ccc(OCCNC2CCN(c3nc4ccccc4s3)CC2)cc1. The maximum absolute atomic E-state index is 5.74. The summed E-state index contributed by atoms with van der Waals surface area (Å²) in [5, 5.41) is 4.78. The minimum atomic E-state index is 0.574. The Hall–Kier alpha value is -2.11. The van der Waals surface area contributed by atoms with Crippen molar-refractivity contribution in [3.05, 3.63) is 54.6 Å². The number of nitrogens with zero attached hydrogens (tertiary/aromatic N) is 2. The van der Waals surface area contributed by atoms with E-state index in [0.717, 1.165) is 48.9 Å². The maximum Gasteiger partial charge on any atom is 0.186 e. The van der Waals surface area contributed by atoms with Gasteiger partial charge in [-0.3, -0.25) is 0 Å². The van der Waals surface area contributed by atoms with Crippen LogP contribution in [0.25, 0.3) is 10.2 Å². The molecule has 0 radical (unpaired) electrons. The molecule has 0 aliphatic carbocycles. The predicted molar refractivity (Wildman–Crippen MR) is 105 cm³/mol. The topological polar surface area (TPSA) is 37.4 Å². The fourth-order valence-electron chi connectivity index (χ4n) is 3.22. The lowest BCUT2D eigenvalue weighted by molar-refractivity contribution is 0.296. The van der Waals surface area contributed by atoms with Gasteiger partial charge in [0.25, 0.3) is 0 Å². The van der Waals surface area contributed by atoms with Gasteiger partial charge in [-0.15, -0.1) is 0 Å². The Balaban J connectivity index is 1.21. The molecular weight excluding hydrogens is 330 g/mol. The fourth-order valence-corrected chi connectivity index (χ4v) is 4.24. The average molecular weight is 353 g/mol. The van der Waals surface area contributed by atoms with Crippen LogP contribution in [0.2, 0.25) is 0 Å². The third-order valence-corrected chi connectivity index (χ3v) is 5.69. The summed E-state index contributed by atoms with van der Waals surface area (Å²) in [6.07, 6.45) is 2.31. The molecule has 1 aliphatic heterocycles. The van der Waals surface area contributed by atoms with Crippen molar-refractivity contribution in [2.45, 2.75) is 18.9 Å². The first kappa shape index (κ1) is 16.4. The van der Waals surface area contributed by atoms with Gasteiger partial charge >= 0.3 is 0 Å². The van der Waals surface area contributed by atoms with Crippen LogP contribution in [0.15, 0.2) is 54.6 Å². The Morgan fingerprint density at radius 3 is 2.60 bits per heavy atom. The van der Waals surface area contributed by atoms with Crippen molar-refractivity contribution in [2.24, 2.45) is 0 Å². The summed E-state index contributed by atoms with van der Waals surface area (Å²) in [6.45, 7) is 3.73. The van der Waals surface area contributed by atoms with Gasteiger partial charge < -0.3 is 15.0 Å². The highest BCUT2D eigenvalue weighted by Crippen LogP contribution is 2.30. The summed E-state index contributed by atoms with van der Waals surface area (Å²) in [7, 11) is 0. The molecule has 5 heteroatoms. The van der Waals surface area contributed by atoms with Crippen molar-refractivity contribution < 1.29 is 4.74 Å². The lowest BCUT2D eigenvalue weighted by Gasteiger charge is -2.32. The summed E-state index contributed by atoms with van der Waals surface area (Å²) < 4.78 is 7.01. The summed E-state index contributed by atoms with van der Waals surface area (Å²) in [4.78, 5) is 7.19. The highest BCUT2D eigenvalue weighted by molar-refractivity contribution is 7.22. The third kappa shape index (κ3) is 4.11. The van der Waals surface area contributed by atoms with Crippen LogP contribution in [-0.4, -0.2) is 37.3 Å². The van der Waals surface area contributed by atoms with Gasteiger partial charge in [0.05, 0.1) is 10.2 Å². The molecule has 2 heterocycles. The molecule has 3 aromatic rings. The first-order valence-corrected chi connectivity index (χ1v) is 9.72. The van der Waals surface area contributed by atoms with Gasteiger partial charge in [-0.2, -0.15) is 0 Å². The number of rotatable bonds is 6. The van der Waals surface area contributed by atoms with Gasteiger partial charge in [0.15, 0.2) is 5.13 Å². The number of piperidine rings is 1. The standard InChI is InChI=1S/C20H23N3OS/c1-2-6-17(7-3-1)24-15-12-21-16-10-13-23(14-11-16)20-22-18-8-4-5-9-19(18)25-20/h1-9,16,21H,10-15H2. The van der Waals surface area contributed by atoms with Gasteiger partial charge in [0, 0.05) is 25.7 Å². The van der Waals surface area contributed by atoms with Crippen LogP contribution in [0.3, 0.4) is 0 Å². The summed E-state index contributed by atoms with van der Waals surface area (Å²) in [6, 6.07) is 19.0. The van der Waals surface area contributed by atoms with E-state index in [0.29, 0.717) is 12.6 Å². The predicted octanol–water partition coefficient (Wildman–Crippen LogP) is 3.93. The number of nitrogens with one attached hydrogen (secondary N) is 1. The average Bonchev–Trinajstić information content (AvgIpc) is 3.11. The molecule has 1 aliphatic rings. The van der Waals surface area contributed by atoms with E-state index in [4.69, 9.17) is 9.72 Å². The molecule has 1 fully saturated rings. The van der Waals surface area contributed by atoms with Crippen molar-refractivity contribution in [2.75, 3.05) is 31.1 Å². The highest BCUT2D eigenvalue weighted by Gasteiger charge is 2.21. The summed E-state index contributed by atoms with van der Waals surface area (Å²) >= 11 is 1.80. The van der Waals surface area contributed by atoms with E-state index < -0.39 is 0 Å². The Morgan fingerprint density at radius 1 is 1.04 bits per heavy atom. The van der Waals surface area contributed by atoms with Crippen LogP contribution in [0.4, 0.5) is 5.13 Å². The van der Waals surface area contributed by atoms with Gasteiger partial charge in [-0.1, -0.05) is 41.7 Å². The molecule has 0 saturated carbocycles. The molecule has 0 spiro atoms. The van der Waals surface area contributed by atoms with E-state index in [1.54, 1.807) is 11.3 Å². The highest BCUT2D eigenvalue weighted by atomic mass is 32.1. The summed E-state index contributed by atoms with van der Waals surface area (Å²) in [5.74, 6) is 0.940. The molecule has 0 amide bonds. The van der Waals surface area contributed by atoms with Crippen molar-refractivity contribution in [3.8, 4) is 5.75 Å². The van der Waals surface area contributed by atoms with E-state index in [2.05, 4.69) is 34.5 Å². The minimum Gasteiger partial charge on any atom is -0.492 e. The molecule has 25 heavy (non-hydrogen) atoms. The van der Waals surface area contributed by atoms with Gasteiger partial charge in [-0.25, -0.2) is 4.98 Å². The van der Waals surface area contributed by atoms with Crippen molar-refractivity contribution >= 4 is 26.7 Å². The Morgan fingerprint density at radius 2 is 1.80 bits per heavy atom. The Bertz CT molecular complexity index is 764. The van der Waals surface area contributed by atoms with E-state index in [-0.39, 0.29) is 0 Å². The number of fused-ring (bicyclic) bond motifs is 1. The molecule has 1 aromatic heterocycles. The number of hydrogen-bond acceptors (Lipinski definition) is 5. The molecule has 4 rings (SSSR count). The molecule has 1 N–H and O–H groups in total. The molecular formula is C20H23N3OS. The van der Waals surface area contributed by atoms with Crippen molar-refractivity contribution in [3.63, 3.8) is 0 Å². The summed E-state index contributed by atoms with van der Waals surface area (Å²) in [5.41, 5.74) is 1.11. The molecule has 0 atom stereocenters. The second-order valence-corrected chi connectivity index (χ2v) is 7.35. The van der Waals surface area contributed by atoms with Crippen LogP contribution in [0, 0.1) is 0 Å². The number of aromatic nitrogens is 1. The second-order valence-electron chi connectivity index (χ2n) is 6.34. The lowest BCUT2D eigenvalue weighted by Crippen LogP contribution is -2.43. The molecule has 130 valence electrons. The largest absolute Gasteiger partial charge is 0.492 e. The van der Waals surface area contributed by atoms with Crippen LogP contribution >= 0.6 is 11.3 Å². The van der Waals surface area contributed by atoms with Crippen molar-refractivity contribution in [1.82, 2.24) is 10.3 Å². The Labute approximate surface area is 152 Å². The van der Waals surface area contributed by atoms with E-state index in [1.807, 2.05) is 30.3 Å². The fraction of sp³-hybridized carbons (Fsp3) is 0.350. The first-order valence-electron chi connectivity index (χ1n) is 8.90. The van der Waals surface area contributed by atoms with Crippen LogP contribution in [0.5, 0.6) is 5.75 Å². The molecule has 2 aromatic carbocycles. The monoisotopic (exact) mass is 353 g/mol.